The maximum atomic E-state index is 12.0. The summed E-state index contributed by atoms with van der Waals surface area (Å²) in [5.41, 5.74) is 8.10. The van der Waals surface area contributed by atoms with Crippen molar-refractivity contribution in [1.29, 1.82) is 0 Å². The third-order valence-corrected chi connectivity index (χ3v) is 3.40. The molecule has 0 saturated carbocycles. The first kappa shape index (κ1) is 13.4. The van der Waals surface area contributed by atoms with E-state index in [1.54, 1.807) is 43.3 Å². The van der Waals surface area contributed by atoms with Crippen molar-refractivity contribution in [2.45, 2.75) is 6.92 Å². The fraction of sp³-hybridized carbons (Fsp3) is 0.0714. The van der Waals surface area contributed by atoms with E-state index in [1.165, 1.54) is 0 Å². The number of nitrogens with one attached hydrogen (secondary N) is 1. The average Bonchev–Trinajstić information content (AvgIpc) is 2.37. The maximum Gasteiger partial charge on any atom is 0.255 e. The van der Waals surface area contributed by atoms with Crippen LogP contribution in [0.5, 0.6) is 5.75 Å². The van der Waals surface area contributed by atoms with Crippen molar-refractivity contribution in [1.82, 2.24) is 0 Å². The number of halogens is 1. The predicted octanol–water partition coefficient (Wildman–Crippen LogP) is 3.30. The van der Waals surface area contributed by atoms with E-state index < -0.39 is 0 Å². The Morgan fingerprint density at radius 3 is 2.63 bits per heavy atom. The molecule has 2 aromatic rings. The number of benzene rings is 2. The molecule has 0 bridgehead atoms. The predicted molar refractivity (Wildman–Crippen MR) is 79.4 cm³/mol. The molecule has 2 aromatic carbocycles. The molecule has 0 aliphatic carbocycles. The van der Waals surface area contributed by atoms with Crippen LogP contribution >= 0.6 is 15.9 Å². The molecular weight excluding hydrogens is 308 g/mol. The largest absolute Gasteiger partial charge is 0.508 e. The number of aryl methyl sites for hydroxylation is 1. The van der Waals surface area contributed by atoms with Gasteiger partial charge in [-0.05, 0) is 64.8 Å². The maximum absolute atomic E-state index is 12.0. The number of carbonyl (C=O) groups excluding carboxylic acids is 1. The number of nitrogens with two attached hydrogens (primary N) is 1. The molecule has 98 valence electrons. The van der Waals surface area contributed by atoms with Crippen molar-refractivity contribution in [3.8, 4) is 5.75 Å². The van der Waals surface area contributed by atoms with Crippen molar-refractivity contribution in [3.05, 3.63) is 52.0 Å². The number of nitrogen functional groups attached to an aromatic ring is 1. The van der Waals surface area contributed by atoms with Gasteiger partial charge in [-0.2, -0.15) is 0 Å². The monoisotopic (exact) mass is 320 g/mol. The lowest BCUT2D eigenvalue weighted by Gasteiger charge is -2.08. The average molecular weight is 321 g/mol. The van der Waals surface area contributed by atoms with Crippen LogP contribution in [0.4, 0.5) is 11.4 Å². The summed E-state index contributed by atoms with van der Waals surface area (Å²) in [6.07, 6.45) is 0. The Kier molecular flexibility index (Phi) is 3.76. The first-order valence-electron chi connectivity index (χ1n) is 5.63. The lowest BCUT2D eigenvalue weighted by Crippen LogP contribution is -2.12. The van der Waals surface area contributed by atoms with Crippen molar-refractivity contribution < 1.29 is 9.90 Å². The second-order valence-electron chi connectivity index (χ2n) is 4.19. The van der Waals surface area contributed by atoms with Gasteiger partial charge in [-0.3, -0.25) is 4.79 Å². The van der Waals surface area contributed by atoms with Gasteiger partial charge in [0.1, 0.15) is 5.75 Å². The van der Waals surface area contributed by atoms with Gasteiger partial charge in [0.05, 0.1) is 0 Å². The highest BCUT2D eigenvalue weighted by Crippen LogP contribution is 2.23. The van der Waals surface area contributed by atoms with Crippen LogP contribution in [0, 0.1) is 6.92 Å². The van der Waals surface area contributed by atoms with Crippen LogP contribution in [-0.2, 0) is 0 Å². The number of aromatic hydroxyl groups is 1. The van der Waals surface area contributed by atoms with E-state index >= 15 is 0 Å². The molecule has 0 atom stereocenters. The number of rotatable bonds is 2. The molecule has 0 heterocycles. The highest BCUT2D eigenvalue weighted by Gasteiger charge is 2.08. The van der Waals surface area contributed by atoms with Gasteiger partial charge in [0, 0.05) is 21.4 Å². The number of hydrogen-bond acceptors (Lipinski definition) is 3. The summed E-state index contributed by atoms with van der Waals surface area (Å²) in [5, 5.41) is 12.2. The Hall–Kier alpha value is -2.01. The lowest BCUT2D eigenvalue weighted by molar-refractivity contribution is 0.102. The summed E-state index contributed by atoms with van der Waals surface area (Å²) in [7, 11) is 0. The van der Waals surface area contributed by atoms with Crippen molar-refractivity contribution in [2.24, 2.45) is 0 Å². The number of carbonyl (C=O) groups is 1. The minimum absolute atomic E-state index is 0.202. The molecule has 1 amide bonds. The normalized spacial score (nSPS) is 10.2. The summed E-state index contributed by atoms with van der Waals surface area (Å²) in [4.78, 5) is 12.0. The highest BCUT2D eigenvalue weighted by molar-refractivity contribution is 9.10. The van der Waals surface area contributed by atoms with Gasteiger partial charge in [0.15, 0.2) is 0 Å². The van der Waals surface area contributed by atoms with Crippen LogP contribution in [0.3, 0.4) is 0 Å². The van der Waals surface area contributed by atoms with Crippen LogP contribution in [-0.4, -0.2) is 11.0 Å². The molecule has 0 aliphatic rings. The second-order valence-corrected chi connectivity index (χ2v) is 5.05. The van der Waals surface area contributed by atoms with E-state index in [0.717, 1.165) is 0 Å². The van der Waals surface area contributed by atoms with Gasteiger partial charge >= 0.3 is 0 Å². The first-order valence-corrected chi connectivity index (χ1v) is 6.42. The van der Waals surface area contributed by atoms with Crippen LogP contribution in [0.15, 0.2) is 40.9 Å². The van der Waals surface area contributed by atoms with Crippen molar-refractivity contribution >= 4 is 33.2 Å². The van der Waals surface area contributed by atoms with E-state index in [-0.39, 0.29) is 11.7 Å². The van der Waals surface area contributed by atoms with Crippen LogP contribution in [0.1, 0.15) is 15.9 Å². The third kappa shape index (κ3) is 3.06. The third-order valence-electron chi connectivity index (χ3n) is 2.72. The van der Waals surface area contributed by atoms with Gasteiger partial charge < -0.3 is 16.2 Å². The zero-order chi connectivity index (χ0) is 14.0. The quantitative estimate of drug-likeness (QED) is 0.587. The van der Waals surface area contributed by atoms with Gasteiger partial charge in [0.2, 0.25) is 0 Å². The molecule has 0 radical (unpaired) electrons. The number of amides is 1. The summed E-state index contributed by atoms with van der Waals surface area (Å²) in [6, 6.07) is 9.89. The summed E-state index contributed by atoms with van der Waals surface area (Å²) in [5.74, 6) is -0.0287. The number of anilines is 2. The van der Waals surface area contributed by atoms with E-state index in [4.69, 9.17) is 5.73 Å². The minimum Gasteiger partial charge on any atom is -0.508 e. The molecule has 2 rings (SSSR count). The highest BCUT2D eigenvalue weighted by atomic mass is 79.9. The zero-order valence-corrected chi connectivity index (χ0v) is 11.9. The Labute approximate surface area is 119 Å². The molecule has 0 aliphatic heterocycles. The lowest BCUT2D eigenvalue weighted by atomic mass is 10.1. The molecule has 4 N–H and O–H groups in total. The number of hydrogen-bond donors (Lipinski definition) is 3. The fourth-order valence-electron chi connectivity index (χ4n) is 1.60. The van der Waals surface area contributed by atoms with Crippen molar-refractivity contribution in [3.63, 3.8) is 0 Å². The van der Waals surface area contributed by atoms with E-state index in [2.05, 4.69) is 21.2 Å². The molecule has 4 nitrogen and oxygen atoms in total. The molecule has 5 heteroatoms. The van der Waals surface area contributed by atoms with E-state index in [9.17, 15) is 9.90 Å². The standard InChI is InChI=1S/C14H13BrN2O2/c1-8-6-10(3-5-13(8)18)17-14(19)9-2-4-12(16)11(15)7-9/h2-7,18H,16H2,1H3,(H,17,19). The Morgan fingerprint density at radius 1 is 1.26 bits per heavy atom. The summed E-state index contributed by atoms with van der Waals surface area (Å²) >= 11 is 3.28. The minimum atomic E-state index is -0.231. The molecule has 0 aromatic heterocycles. The molecule has 0 spiro atoms. The molecular formula is C14H13BrN2O2. The molecule has 0 fully saturated rings. The first-order chi connectivity index (χ1) is 8.97. The number of phenolic OH excluding ortho intramolecular Hbond substituents is 1. The Morgan fingerprint density at radius 2 is 2.00 bits per heavy atom. The van der Waals surface area contributed by atoms with Crippen LogP contribution in [0.25, 0.3) is 0 Å². The Balaban J connectivity index is 2.20. The van der Waals surface area contributed by atoms with E-state index in [1.807, 2.05) is 0 Å². The van der Waals surface area contributed by atoms with Crippen molar-refractivity contribution in [2.75, 3.05) is 11.1 Å². The molecule has 19 heavy (non-hydrogen) atoms. The van der Waals surface area contributed by atoms with Crippen LogP contribution in [0.2, 0.25) is 0 Å². The van der Waals surface area contributed by atoms with E-state index in [0.29, 0.717) is 27.0 Å². The van der Waals surface area contributed by atoms with Gasteiger partial charge in [0.25, 0.3) is 5.91 Å². The van der Waals surface area contributed by atoms with Crippen LogP contribution < -0.4 is 11.1 Å². The smallest absolute Gasteiger partial charge is 0.255 e. The summed E-state index contributed by atoms with van der Waals surface area (Å²) in [6.45, 7) is 1.77. The second kappa shape index (κ2) is 5.32. The van der Waals surface area contributed by atoms with Gasteiger partial charge in [-0.25, -0.2) is 0 Å². The van der Waals surface area contributed by atoms with Gasteiger partial charge in [-0.15, -0.1) is 0 Å². The summed E-state index contributed by atoms with van der Waals surface area (Å²) < 4.78 is 0.682. The zero-order valence-electron chi connectivity index (χ0n) is 10.3. The SMILES string of the molecule is Cc1cc(NC(=O)c2ccc(N)c(Br)c2)ccc1O. The number of phenols is 1. The van der Waals surface area contributed by atoms with Gasteiger partial charge in [-0.1, -0.05) is 0 Å². The molecule has 0 saturated heterocycles. The topological polar surface area (TPSA) is 75.4 Å². The fourth-order valence-corrected chi connectivity index (χ4v) is 1.98. The Bertz CT molecular complexity index is 641. The molecule has 0 unspecified atom stereocenters.